The summed E-state index contributed by atoms with van der Waals surface area (Å²) in [6.07, 6.45) is -3.47. The number of aromatic nitrogens is 5. The number of carbonyl (C=O) groups excluding carboxylic acids is 1. The molecule has 1 aliphatic heterocycles. The van der Waals surface area contributed by atoms with Gasteiger partial charge in [-0.3, -0.25) is 9.88 Å². The molecule has 12 nitrogen and oxygen atoms in total. The molecule has 3 atom stereocenters. The smallest absolute Gasteiger partial charge is 0.413 e. The van der Waals surface area contributed by atoms with E-state index in [1.165, 1.54) is 10.9 Å². The molecule has 0 spiro atoms. The van der Waals surface area contributed by atoms with E-state index in [-0.39, 0.29) is 30.3 Å². The Morgan fingerprint density at radius 2 is 1.73 bits per heavy atom. The van der Waals surface area contributed by atoms with Crippen LogP contribution in [0.3, 0.4) is 0 Å². The molecule has 2 aromatic heterocycles. The van der Waals surface area contributed by atoms with E-state index in [1.54, 1.807) is 24.3 Å². The van der Waals surface area contributed by atoms with Gasteiger partial charge in [0.15, 0.2) is 20.2 Å². The average molecular weight is 659 g/mol. The lowest BCUT2D eigenvalue weighted by atomic mass is 10.1. The van der Waals surface area contributed by atoms with Crippen LogP contribution < -0.4 is 11.0 Å². The Morgan fingerprint density at radius 3 is 2.38 bits per heavy atom. The van der Waals surface area contributed by atoms with Crippen LogP contribution in [0.4, 0.5) is 19.4 Å². The van der Waals surface area contributed by atoms with E-state index in [0.717, 1.165) is 17.3 Å². The van der Waals surface area contributed by atoms with Gasteiger partial charge < -0.3 is 18.1 Å². The summed E-state index contributed by atoms with van der Waals surface area (Å²) < 4.78 is 55.2. The lowest BCUT2D eigenvalue weighted by molar-refractivity contribution is -0.134. The van der Waals surface area contributed by atoms with Crippen LogP contribution in [0.5, 0.6) is 0 Å². The van der Waals surface area contributed by atoms with Crippen LogP contribution in [0.15, 0.2) is 77.9 Å². The van der Waals surface area contributed by atoms with Crippen LogP contribution in [-0.2, 0) is 31.2 Å². The number of nitrogens with one attached hydrogen (secondary N) is 1. The minimum Gasteiger partial charge on any atom is -0.444 e. The molecule has 1 saturated heterocycles. The summed E-state index contributed by atoms with van der Waals surface area (Å²) in [6.45, 7) is 5.80. The number of thiol groups is 1. The highest BCUT2D eigenvalue weighted by Gasteiger charge is 2.61. The SMILES string of the molecule is C[Si](C)(C)OC[C@H]1O[C@@H](n2cc(-c3cn(Cc4ccccc4)nn3)c(NC(=O)OCc3ccccc3)nc2=O)C(F)(F)C1OS. The third-order valence-electron chi connectivity index (χ3n) is 6.78. The second-order valence-electron chi connectivity index (χ2n) is 11.3. The fraction of sp³-hybridized carbons (Fsp3) is 0.345. The molecule has 1 aliphatic rings. The predicted octanol–water partition coefficient (Wildman–Crippen LogP) is 4.91. The number of benzene rings is 2. The topological polar surface area (TPSA) is 132 Å². The molecule has 0 aliphatic carbocycles. The molecule has 1 amide bonds. The molecule has 238 valence electrons. The summed E-state index contributed by atoms with van der Waals surface area (Å²) in [6, 6.07) is 18.4. The lowest BCUT2D eigenvalue weighted by Gasteiger charge is -2.24. The van der Waals surface area contributed by atoms with Crippen molar-refractivity contribution < 1.29 is 31.7 Å². The first-order valence-electron chi connectivity index (χ1n) is 14.0. The van der Waals surface area contributed by atoms with Crippen molar-refractivity contribution in [3.8, 4) is 11.3 Å². The van der Waals surface area contributed by atoms with Gasteiger partial charge in [-0.25, -0.2) is 14.3 Å². The minimum absolute atomic E-state index is 0.0233. The van der Waals surface area contributed by atoms with Crippen LogP contribution >= 0.6 is 12.9 Å². The number of carbonyl (C=O) groups is 1. The van der Waals surface area contributed by atoms with Crippen LogP contribution in [-0.4, -0.2) is 63.7 Å². The maximum absolute atomic E-state index is 15.7. The van der Waals surface area contributed by atoms with Crippen molar-refractivity contribution >= 4 is 33.1 Å². The summed E-state index contributed by atoms with van der Waals surface area (Å²) >= 11 is 3.66. The van der Waals surface area contributed by atoms with Crippen molar-refractivity contribution in [3.05, 3.63) is 94.7 Å². The van der Waals surface area contributed by atoms with Gasteiger partial charge in [-0.1, -0.05) is 65.9 Å². The van der Waals surface area contributed by atoms with Gasteiger partial charge in [-0.05, 0) is 43.7 Å². The molecule has 1 unspecified atom stereocenters. The first-order valence-corrected chi connectivity index (χ1v) is 17.7. The summed E-state index contributed by atoms with van der Waals surface area (Å²) in [5, 5.41) is 10.7. The molecule has 0 saturated carbocycles. The van der Waals surface area contributed by atoms with Gasteiger partial charge in [-0.15, -0.1) is 5.10 Å². The third kappa shape index (κ3) is 7.83. The fourth-order valence-corrected chi connectivity index (χ4v) is 5.55. The summed E-state index contributed by atoms with van der Waals surface area (Å²) in [4.78, 5) is 29.9. The number of alkyl halides is 2. The molecule has 16 heteroatoms. The Kier molecular flexibility index (Phi) is 9.78. The number of anilines is 1. The zero-order valence-corrected chi connectivity index (χ0v) is 26.6. The number of ether oxygens (including phenoxy) is 2. The highest BCUT2D eigenvalue weighted by molar-refractivity contribution is 7.75. The maximum atomic E-state index is 15.7. The van der Waals surface area contributed by atoms with Gasteiger partial charge in [0.05, 0.1) is 24.9 Å². The van der Waals surface area contributed by atoms with E-state index in [9.17, 15) is 9.59 Å². The van der Waals surface area contributed by atoms with E-state index >= 15 is 8.78 Å². The second kappa shape index (κ2) is 13.6. The van der Waals surface area contributed by atoms with Gasteiger partial charge in [0.1, 0.15) is 18.4 Å². The monoisotopic (exact) mass is 658 g/mol. The Labute approximate surface area is 264 Å². The standard InChI is InChI=1S/C29H32F2N6O6SSi/c1-45(2,3)41-18-23-24(43-44)29(30,31)26(42-23)37-15-21(22-16-36(35-34-22)14-19-10-6-4-7-11-19)25(32-27(37)38)33-28(39)40-17-20-12-8-5-9-13-20/h4-13,15-16,23-24,26,44H,14,17-18H2,1-3H3,(H,32,33,38,39)/t23-,24?,26-/m1/s1. The number of halogens is 2. The molecular formula is C29H32F2N6O6SSi. The molecule has 45 heavy (non-hydrogen) atoms. The Hall–Kier alpha value is -3.96. The Morgan fingerprint density at radius 1 is 1.07 bits per heavy atom. The van der Waals surface area contributed by atoms with Gasteiger partial charge in [0.2, 0.25) is 6.23 Å². The van der Waals surface area contributed by atoms with Crippen LogP contribution in [0.2, 0.25) is 19.6 Å². The maximum Gasteiger partial charge on any atom is 0.413 e. The van der Waals surface area contributed by atoms with E-state index in [4.69, 9.17) is 18.1 Å². The molecular weight excluding hydrogens is 627 g/mol. The zero-order chi connectivity index (χ0) is 32.2. The second-order valence-corrected chi connectivity index (χ2v) is 16.0. The molecule has 4 aromatic rings. The predicted molar refractivity (Wildman–Crippen MR) is 165 cm³/mol. The van der Waals surface area contributed by atoms with E-state index in [0.29, 0.717) is 11.1 Å². The summed E-state index contributed by atoms with van der Waals surface area (Å²) in [5.74, 6) is -3.98. The highest BCUT2D eigenvalue weighted by atomic mass is 32.1. The zero-order valence-electron chi connectivity index (χ0n) is 24.7. The van der Waals surface area contributed by atoms with Gasteiger partial charge in [0.25, 0.3) is 0 Å². The van der Waals surface area contributed by atoms with Crippen molar-refractivity contribution in [2.24, 2.45) is 0 Å². The van der Waals surface area contributed by atoms with Crippen molar-refractivity contribution in [3.63, 3.8) is 0 Å². The number of amides is 1. The van der Waals surface area contributed by atoms with Crippen LogP contribution in [0.25, 0.3) is 11.3 Å². The fourth-order valence-electron chi connectivity index (χ4n) is 4.61. The van der Waals surface area contributed by atoms with Crippen molar-refractivity contribution in [2.45, 2.75) is 57.2 Å². The van der Waals surface area contributed by atoms with Gasteiger partial charge in [0, 0.05) is 6.20 Å². The molecule has 0 bridgehead atoms. The Balaban J connectivity index is 1.48. The Bertz CT molecular complexity index is 1670. The summed E-state index contributed by atoms with van der Waals surface area (Å²) in [5.41, 5.74) is 0.711. The van der Waals surface area contributed by atoms with Gasteiger partial charge >= 0.3 is 17.7 Å². The van der Waals surface area contributed by atoms with Gasteiger partial charge in [-0.2, -0.15) is 13.8 Å². The first-order chi connectivity index (χ1) is 21.4. The molecule has 5 rings (SSSR count). The molecule has 0 radical (unpaired) electrons. The van der Waals surface area contributed by atoms with Crippen molar-refractivity contribution in [2.75, 3.05) is 11.9 Å². The van der Waals surface area contributed by atoms with E-state index in [1.807, 2.05) is 56.0 Å². The largest absolute Gasteiger partial charge is 0.444 e. The quantitative estimate of drug-likeness (QED) is 0.131. The number of hydrogen-bond acceptors (Lipinski definition) is 10. The van der Waals surface area contributed by atoms with E-state index in [2.05, 4.69) is 33.5 Å². The number of rotatable bonds is 11. The van der Waals surface area contributed by atoms with E-state index < -0.39 is 44.5 Å². The number of nitrogens with zero attached hydrogens (tertiary/aromatic N) is 5. The molecule has 1 N–H and O–H groups in total. The molecule has 3 heterocycles. The summed E-state index contributed by atoms with van der Waals surface area (Å²) in [7, 11) is -2.11. The lowest BCUT2D eigenvalue weighted by Crippen LogP contribution is -2.43. The van der Waals surface area contributed by atoms with Crippen molar-refractivity contribution in [1.29, 1.82) is 0 Å². The minimum atomic E-state index is -3.72. The average Bonchev–Trinajstić information content (AvgIpc) is 3.56. The third-order valence-corrected chi connectivity index (χ3v) is 8.04. The first kappa shape index (κ1) is 32.4. The number of hydrogen-bond donors (Lipinski definition) is 2. The van der Waals surface area contributed by atoms with Crippen molar-refractivity contribution in [1.82, 2.24) is 24.5 Å². The molecule has 2 aromatic carbocycles. The van der Waals surface area contributed by atoms with Crippen LogP contribution in [0.1, 0.15) is 17.4 Å². The normalized spacial score (nSPS) is 19.4. The highest BCUT2D eigenvalue weighted by Crippen LogP contribution is 2.45. The molecule has 1 fully saturated rings. The van der Waals surface area contributed by atoms with Crippen LogP contribution in [0, 0.1) is 0 Å².